The van der Waals surface area contributed by atoms with Crippen molar-refractivity contribution in [3.05, 3.63) is 28.8 Å². The van der Waals surface area contributed by atoms with Crippen molar-refractivity contribution in [2.24, 2.45) is 5.73 Å². The van der Waals surface area contributed by atoms with Crippen LogP contribution in [0.25, 0.3) is 0 Å². The highest BCUT2D eigenvalue weighted by Gasteiger charge is 2.41. The van der Waals surface area contributed by atoms with Gasteiger partial charge in [0, 0.05) is 15.7 Å². The summed E-state index contributed by atoms with van der Waals surface area (Å²) in [6.45, 7) is 0. The van der Waals surface area contributed by atoms with Crippen LogP contribution in [-0.2, 0) is 4.79 Å². The number of fused-ring (bicyclic) bond motifs is 1. The maximum atomic E-state index is 12.2. The van der Waals surface area contributed by atoms with E-state index >= 15 is 0 Å². The summed E-state index contributed by atoms with van der Waals surface area (Å²) in [5, 5.41) is 3.82. The summed E-state index contributed by atoms with van der Waals surface area (Å²) in [6.07, 6.45) is 3.57. The fourth-order valence-corrected chi connectivity index (χ4v) is 3.89. The zero-order chi connectivity index (χ0) is 13.5. The minimum absolute atomic E-state index is 0.0124. The molecule has 2 aliphatic rings. The number of nitrogens with two attached hydrogens (primary N) is 1. The second-order valence-electron chi connectivity index (χ2n) is 5.36. The Bertz CT molecular complexity index is 516. The molecule has 0 saturated heterocycles. The van der Waals surface area contributed by atoms with Gasteiger partial charge in [-0.2, -0.15) is 0 Å². The molecule has 0 spiro atoms. The van der Waals surface area contributed by atoms with Gasteiger partial charge in [0.15, 0.2) is 0 Å². The first-order chi connectivity index (χ1) is 9.08. The van der Waals surface area contributed by atoms with Gasteiger partial charge >= 0.3 is 0 Å². The summed E-state index contributed by atoms with van der Waals surface area (Å²) >= 11 is 7.87. The van der Waals surface area contributed by atoms with Crippen molar-refractivity contribution in [2.75, 3.05) is 5.75 Å². The second-order valence-corrected chi connectivity index (χ2v) is 6.93. The van der Waals surface area contributed by atoms with Crippen molar-refractivity contribution in [1.29, 1.82) is 0 Å². The first-order valence-corrected chi connectivity index (χ1v) is 7.97. The highest BCUT2D eigenvalue weighted by molar-refractivity contribution is 7.99. The smallest absolute Gasteiger partial charge is 0.240 e. The first kappa shape index (κ1) is 13.3. The van der Waals surface area contributed by atoms with Gasteiger partial charge in [-0.1, -0.05) is 11.6 Å². The Morgan fingerprint density at radius 1 is 1.47 bits per heavy atom. The monoisotopic (exact) mass is 296 g/mol. The molecule has 1 aliphatic carbocycles. The predicted molar refractivity (Wildman–Crippen MR) is 78.4 cm³/mol. The number of amides is 1. The van der Waals surface area contributed by atoms with Gasteiger partial charge in [0.25, 0.3) is 0 Å². The van der Waals surface area contributed by atoms with Crippen molar-refractivity contribution in [3.63, 3.8) is 0 Å². The van der Waals surface area contributed by atoms with Gasteiger partial charge in [0.05, 0.1) is 11.6 Å². The lowest BCUT2D eigenvalue weighted by Gasteiger charge is -2.38. The SMILES string of the molecule is NC1(C(=O)NC2CCSc3ccc(Cl)cc32)CCC1. The molecule has 1 atom stereocenters. The van der Waals surface area contributed by atoms with Crippen LogP contribution >= 0.6 is 23.4 Å². The highest BCUT2D eigenvalue weighted by atomic mass is 35.5. The fraction of sp³-hybridized carbons (Fsp3) is 0.500. The van der Waals surface area contributed by atoms with E-state index < -0.39 is 5.54 Å². The summed E-state index contributed by atoms with van der Waals surface area (Å²) in [6, 6.07) is 5.93. The zero-order valence-corrected chi connectivity index (χ0v) is 12.2. The van der Waals surface area contributed by atoms with E-state index in [2.05, 4.69) is 5.32 Å². The van der Waals surface area contributed by atoms with Crippen LogP contribution in [0.2, 0.25) is 5.02 Å². The van der Waals surface area contributed by atoms with E-state index in [1.54, 1.807) is 0 Å². The Balaban J connectivity index is 1.80. The molecule has 19 heavy (non-hydrogen) atoms. The van der Waals surface area contributed by atoms with Gasteiger partial charge in [-0.3, -0.25) is 4.79 Å². The Morgan fingerprint density at radius 2 is 2.26 bits per heavy atom. The van der Waals surface area contributed by atoms with Crippen molar-refractivity contribution in [2.45, 2.75) is 42.2 Å². The van der Waals surface area contributed by atoms with Crippen LogP contribution in [0.15, 0.2) is 23.1 Å². The van der Waals surface area contributed by atoms with Crippen LogP contribution in [-0.4, -0.2) is 17.2 Å². The number of hydrogen-bond donors (Lipinski definition) is 2. The molecular weight excluding hydrogens is 280 g/mol. The van der Waals surface area contributed by atoms with Crippen molar-refractivity contribution >= 4 is 29.3 Å². The highest BCUT2D eigenvalue weighted by Crippen LogP contribution is 2.38. The van der Waals surface area contributed by atoms with Crippen LogP contribution in [0.5, 0.6) is 0 Å². The van der Waals surface area contributed by atoms with Gasteiger partial charge in [0.2, 0.25) is 5.91 Å². The number of halogens is 1. The maximum Gasteiger partial charge on any atom is 0.240 e. The number of thioether (sulfide) groups is 1. The minimum Gasteiger partial charge on any atom is -0.348 e. The van der Waals surface area contributed by atoms with Crippen LogP contribution in [0.3, 0.4) is 0 Å². The number of hydrogen-bond acceptors (Lipinski definition) is 3. The first-order valence-electron chi connectivity index (χ1n) is 6.61. The molecule has 5 heteroatoms. The van der Waals surface area contributed by atoms with Crippen molar-refractivity contribution in [1.82, 2.24) is 5.32 Å². The quantitative estimate of drug-likeness (QED) is 0.882. The lowest BCUT2D eigenvalue weighted by molar-refractivity contribution is -0.130. The molecule has 0 aromatic heterocycles. The average Bonchev–Trinajstić information content (AvgIpc) is 2.36. The zero-order valence-electron chi connectivity index (χ0n) is 10.6. The van der Waals surface area contributed by atoms with E-state index in [-0.39, 0.29) is 11.9 Å². The molecule has 1 saturated carbocycles. The summed E-state index contributed by atoms with van der Waals surface area (Å²) in [4.78, 5) is 13.4. The molecule has 1 aliphatic heterocycles. The van der Waals surface area contributed by atoms with E-state index in [0.29, 0.717) is 5.02 Å². The normalized spacial score (nSPS) is 24.2. The molecule has 1 unspecified atom stereocenters. The second kappa shape index (κ2) is 5.00. The number of benzene rings is 1. The Labute approximate surface area is 122 Å². The van der Waals surface area contributed by atoms with Crippen molar-refractivity contribution < 1.29 is 4.79 Å². The average molecular weight is 297 g/mol. The largest absolute Gasteiger partial charge is 0.348 e. The van der Waals surface area contributed by atoms with Crippen LogP contribution in [0, 0.1) is 0 Å². The third-order valence-electron chi connectivity index (χ3n) is 4.01. The molecular formula is C14H17ClN2OS. The van der Waals surface area contributed by atoms with Crippen LogP contribution < -0.4 is 11.1 Å². The summed E-state index contributed by atoms with van der Waals surface area (Å²) in [5.41, 5.74) is 6.56. The molecule has 102 valence electrons. The van der Waals surface area contributed by atoms with Gasteiger partial charge in [0.1, 0.15) is 0 Å². The fourth-order valence-electron chi connectivity index (χ4n) is 2.60. The van der Waals surface area contributed by atoms with E-state index in [4.69, 9.17) is 17.3 Å². The molecule has 3 rings (SSSR count). The Hall–Kier alpha value is -0.710. The van der Waals surface area contributed by atoms with Gasteiger partial charge < -0.3 is 11.1 Å². The van der Waals surface area contributed by atoms with E-state index in [1.165, 1.54) is 4.90 Å². The van der Waals surface area contributed by atoms with Gasteiger partial charge in [-0.15, -0.1) is 11.8 Å². The van der Waals surface area contributed by atoms with E-state index in [9.17, 15) is 4.79 Å². The van der Waals surface area contributed by atoms with E-state index in [1.807, 2.05) is 30.0 Å². The molecule has 1 amide bonds. The van der Waals surface area contributed by atoms with E-state index in [0.717, 1.165) is 37.0 Å². The predicted octanol–water partition coefficient (Wildman–Crippen LogP) is 2.87. The van der Waals surface area contributed by atoms with Crippen LogP contribution in [0.4, 0.5) is 0 Å². The lowest BCUT2D eigenvalue weighted by atomic mass is 9.77. The van der Waals surface area contributed by atoms with Gasteiger partial charge in [-0.05, 0) is 49.4 Å². The Kier molecular flexibility index (Phi) is 3.50. The van der Waals surface area contributed by atoms with Gasteiger partial charge in [-0.25, -0.2) is 0 Å². The topological polar surface area (TPSA) is 55.1 Å². The molecule has 3 N–H and O–H groups in total. The number of nitrogens with one attached hydrogen (secondary N) is 1. The number of carbonyl (C=O) groups excluding carboxylic acids is 1. The molecule has 1 heterocycles. The number of carbonyl (C=O) groups is 1. The number of rotatable bonds is 2. The molecule has 1 aromatic rings. The molecule has 0 radical (unpaired) electrons. The van der Waals surface area contributed by atoms with Crippen molar-refractivity contribution in [3.8, 4) is 0 Å². The third-order valence-corrected chi connectivity index (χ3v) is 5.37. The Morgan fingerprint density at radius 3 is 2.95 bits per heavy atom. The molecule has 1 fully saturated rings. The van der Waals surface area contributed by atoms with Crippen LogP contribution in [0.1, 0.15) is 37.3 Å². The summed E-state index contributed by atoms with van der Waals surface area (Å²) < 4.78 is 0. The minimum atomic E-state index is -0.636. The summed E-state index contributed by atoms with van der Waals surface area (Å²) in [5.74, 6) is 0.999. The maximum absolute atomic E-state index is 12.2. The molecule has 0 bridgehead atoms. The lowest BCUT2D eigenvalue weighted by Crippen LogP contribution is -2.59. The molecule has 3 nitrogen and oxygen atoms in total. The third kappa shape index (κ3) is 2.49. The summed E-state index contributed by atoms with van der Waals surface area (Å²) in [7, 11) is 0. The standard InChI is InChI=1S/C14H17ClN2OS/c15-9-2-3-12-10(8-9)11(4-7-19-12)17-13(18)14(16)5-1-6-14/h2-3,8,11H,1,4-7,16H2,(H,17,18). The molecule has 1 aromatic carbocycles.